The maximum atomic E-state index is 14.1. The predicted molar refractivity (Wildman–Crippen MR) is 75.2 cm³/mol. The Morgan fingerprint density at radius 1 is 1.05 bits per heavy atom. The molecule has 21 heavy (non-hydrogen) atoms. The van der Waals surface area contributed by atoms with Gasteiger partial charge in [-0.15, -0.1) is 0 Å². The van der Waals surface area contributed by atoms with Crippen LogP contribution in [0.15, 0.2) is 12.1 Å². The molecule has 2 N–H and O–H groups in total. The van der Waals surface area contributed by atoms with Gasteiger partial charge in [0, 0.05) is 24.2 Å². The second-order valence-corrected chi connectivity index (χ2v) is 6.18. The van der Waals surface area contributed by atoms with E-state index < -0.39 is 17.5 Å². The average Bonchev–Trinajstić information content (AvgIpc) is 2.89. The van der Waals surface area contributed by atoms with E-state index in [1.807, 2.05) is 0 Å². The lowest BCUT2D eigenvalue weighted by molar-refractivity contribution is 0.133. The summed E-state index contributed by atoms with van der Waals surface area (Å²) in [6.07, 6.45) is 5.81. The van der Waals surface area contributed by atoms with Crippen molar-refractivity contribution in [3.05, 3.63) is 35.1 Å². The first-order valence-electron chi connectivity index (χ1n) is 7.72. The average molecular weight is 298 g/mol. The molecule has 1 aromatic carbocycles. The molecular weight excluding hydrogens is 277 g/mol. The number of nitrogens with zero attached hydrogens (tertiary/aromatic N) is 1. The van der Waals surface area contributed by atoms with Crippen molar-refractivity contribution in [3.63, 3.8) is 0 Å². The number of nitrogens with two attached hydrogens (primary N) is 1. The molecule has 0 spiro atoms. The number of hydrogen-bond donors (Lipinski definition) is 1. The number of fused-ring (bicyclic) bond motifs is 1. The van der Waals surface area contributed by atoms with E-state index >= 15 is 0 Å². The highest BCUT2D eigenvalue weighted by atomic mass is 19.2. The van der Waals surface area contributed by atoms with E-state index in [1.165, 1.54) is 19.3 Å². The molecule has 2 aliphatic rings. The van der Waals surface area contributed by atoms with Gasteiger partial charge in [-0.2, -0.15) is 0 Å². The Morgan fingerprint density at radius 2 is 1.76 bits per heavy atom. The quantitative estimate of drug-likeness (QED) is 0.867. The molecule has 3 atom stereocenters. The second kappa shape index (κ2) is 5.97. The molecule has 1 saturated carbocycles. The first-order valence-corrected chi connectivity index (χ1v) is 7.72. The number of halogens is 3. The van der Waals surface area contributed by atoms with Gasteiger partial charge < -0.3 is 5.73 Å². The van der Waals surface area contributed by atoms with Crippen molar-refractivity contribution >= 4 is 0 Å². The van der Waals surface area contributed by atoms with Crippen molar-refractivity contribution in [2.24, 2.45) is 11.7 Å². The minimum absolute atomic E-state index is 0.183. The van der Waals surface area contributed by atoms with Gasteiger partial charge in [0.1, 0.15) is 5.82 Å². The minimum Gasteiger partial charge on any atom is -0.329 e. The van der Waals surface area contributed by atoms with Crippen LogP contribution in [0.1, 0.15) is 43.7 Å². The standard InChI is InChI=1S/C16H21F3N2/c17-12-8-14(19)13(18)7-11(12)16(9-20)21-6-5-10-3-1-2-4-15(10)21/h7-8,10,15-16H,1-6,9,20H2. The third-order valence-corrected chi connectivity index (χ3v) is 5.08. The van der Waals surface area contributed by atoms with Gasteiger partial charge in [-0.1, -0.05) is 12.8 Å². The monoisotopic (exact) mass is 298 g/mol. The third kappa shape index (κ3) is 2.69. The summed E-state index contributed by atoms with van der Waals surface area (Å²) in [5.41, 5.74) is 6.02. The molecule has 1 heterocycles. The molecular formula is C16H21F3N2. The Kier molecular flexibility index (Phi) is 4.22. The SMILES string of the molecule is NCC(c1cc(F)c(F)cc1F)N1CCC2CCCCC21. The highest BCUT2D eigenvalue weighted by Crippen LogP contribution is 2.40. The first-order chi connectivity index (χ1) is 10.1. The van der Waals surface area contributed by atoms with Crippen molar-refractivity contribution in [1.29, 1.82) is 0 Å². The number of likely N-dealkylation sites (tertiary alicyclic amines) is 1. The van der Waals surface area contributed by atoms with Crippen LogP contribution >= 0.6 is 0 Å². The van der Waals surface area contributed by atoms with Crippen LogP contribution in [-0.2, 0) is 0 Å². The summed E-state index contributed by atoms with van der Waals surface area (Å²) < 4.78 is 40.6. The van der Waals surface area contributed by atoms with Gasteiger partial charge in [-0.25, -0.2) is 13.2 Å². The lowest BCUT2D eigenvalue weighted by atomic mass is 9.84. The summed E-state index contributed by atoms with van der Waals surface area (Å²) in [5, 5.41) is 0. The zero-order chi connectivity index (χ0) is 15.0. The van der Waals surface area contributed by atoms with Crippen molar-refractivity contribution in [2.75, 3.05) is 13.1 Å². The molecule has 1 saturated heterocycles. The van der Waals surface area contributed by atoms with Crippen LogP contribution in [-0.4, -0.2) is 24.0 Å². The summed E-state index contributed by atoms with van der Waals surface area (Å²) in [5.74, 6) is -2.22. The molecule has 5 heteroatoms. The van der Waals surface area contributed by atoms with Crippen LogP contribution in [0.4, 0.5) is 13.2 Å². The lowest BCUT2D eigenvalue weighted by Gasteiger charge is -2.37. The summed E-state index contributed by atoms with van der Waals surface area (Å²) in [7, 11) is 0. The number of hydrogen-bond acceptors (Lipinski definition) is 2. The first kappa shape index (κ1) is 14.9. The van der Waals surface area contributed by atoms with Crippen LogP contribution in [0.2, 0.25) is 0 Å². The number of rotatable bonds is 3. The summed E-state index contributed by atoms with van der Waals surface area (Å²) in [4.78, 5) is 2.21. The van der Waals surface area contributed by atoms with E-state index in [4.69, 9.17) is 5.73 Å². The lowest BCUT2D eigenvalue weighted by Crippen LogP contribution is -2.40. The van der Waals surface area contributed by atoms with Crippen LogP contribution in [0.5, 0.6) is 0 Å². The molecule has 0 bridgehead atoms. The molecule has 0 amide bonds. The van der Waals surface area contributed by atoms with E-state index in [2.05, 4.69) is 4.90 Å². The Morgan fingerprint density at radius 3 is 2.52 bits per heavy atom. The molecule has 1 aromatic rings. The van der Waals surface area contributed by atoms with Crippen molar-refractivity contribution in [3.8, 4) is 0 Å². The van der Waals surface area contributed by atoms with Gasteiger partial charge in [0.05, 0.1) is 6.04 Å². The number of benzene rings is 1. The van der Waals surface area contributed by atoms with Crippen LogP contribution in [0.3, 0.4) is 0 Å². The summed E-state index contributed by atoms with van der Waals surface area (Å²) in [6.45, 7) is 1.07. The van der Waals surface area contributed by atoms with E-state index in [0.717, 1.165) is 25.5 Å². The fourth-order valence-electron chi connectivity index (χ4n) is 4.06. The fourth-order valence-corrected chi connectivity index (χ4v) is 4.06. The van der Waals surface area contributed by atoms with Gasteiger partial charge >= 0.3 is 0 Å². The molecule has 1 aliphatic heterocycles. The zero-order valence-electron chi connectivity index (χ0n) is 12.0. The van der Waals surface area contributed by atoms with E-state index in [-0.39, 0.29) is 18.2 Å². The maximum Gasteiger partial charge on any atom is 0.161 e. The molecule has 3 unspecified atom stereocenters. The molecule has 1 aliphatic carbocycles. The fraction of sp³-hybridized carbons (Fsp3) is 0.625. The van der Waals surface area contributed by atoms with Crippen molar-refractivity contribution in [1.82, 2.24) is 4.90 Å². The molecule has 3 rings (SSSR count). The highest BCUT2D eigenvalue weighted by Gasteiger charge is 2.39. The smallest absolute Gasteiger partial charge is 0.161 e. The molecule has 116 valence electrons. The topological polar surface area (TPSA) is 29.3 Å². The minimum atomic E-state index is -1.15. The van der Waals surface area contributed by atoms with Crippen LogP contribution in [0.25, 0.3) is 0 Å². The molecule has 2 nitrogen and oxygen atoms in total. The molecule has 0 aromatic heterocycles. The zero-order valence-corrected chi connectivity index (χ0v) is 12.0. The molecule has 2 fully saturated rings. The van der Waals surface area contributed by atoms with Crippen molar-refractivity contribution in [2.45, 2.75) is 44.2 Å². The Hall–Kier alpha value is -1.07. The summed E-state index contributed by atoms with van der Waals surface area (Å²) >= 11 is 0. The predicted octanol–water partition coefficient (Wildman–Crippen LogP) is 3.37. The molecule has 0 radical (unpaired) electrons. The van der Waals surface area contributed by atoms with Gasteiger partial charge in [0.15, 0.2) is 11.6 Å². The van der Waals surface area contributed by atoms with Gasteiger partial charge in [-0.3, -0.25) is 4.90 Å². The second-order valence-electron chi connectivity index (χ2n) is 6.18. The van der Waals surface area contributed by atoms with E-state index in [9.17, 15) is 13.2 Å². The Labute approximate surface area is 123 Å². The largest absolute Gasteiger partial charge is 0.329 e. The Bertz CT molecular complexity index is 520. The normalized spacial score (nSPS) is 27.6. The van der Waals surface area contributed by atoms with Gasteiger partial charge in [-0.05, 0) is 37.8 Å². The van der Waals surface area contributed by atoms with Crippen LogP contribution in [0, 0.1) is 23.4 Å². The Balaban J connectivity index is 1.90. The highest BCUT2D eigenvalue weighted by molar-refractivity contribution is 5.24. The van der Waals surface area contributed by atoms with Crippen LogP contribution < -0.4 is 5.73 Å². The maximum absolute atomic E-state index is 14.1. The third-order valence-electron chi connectivity index (χ3n) is 5.08. The van der Waals surface area contributed by atoms with E-state index in [1.54, 1.807) is 0 Å². The van der Waals surface area contributed by atoms with Crippen molar-refractivity contribution < 1.29 is 13.2 Å². The van der Waals surface area contributed by atoms with Gasteiger partial charge in [0.2, 0.25) is 0 Å². The van der Waals surface area contributed by atoms with Gasteiger partial charge in [0.25, 0.3) is 0 Å². The van der Waals surface area contributed by atoms with E-state index in [0.29, 0.717) is 18.0 Å². The summed E-state index contributed by atoms with van der Waals surface area (Å²) in [6, 6.07) is 1.63.